The van der Waals surface area contributed by atoms with Gasteiger partial charge in [0.15, 0.2) is 5.76 Å². The van der Waals surface area contributed by atoms with Crippen molar-refractivity contribution >= 4 is 23.4 Å². The molecular weight excluding hydrogens is 356 g/mol. The molecule has 142 valence electrons. The highest BCUT2D eigenvalue weighted by Gasteiger charge is 2.59. The number of benzene rings is 1. The van der Waals surface area contributed by atoms with Crippen molar-refractivity contribution < 1.29 is 18.8 Å². The minimum atomic E-state index is -0.377. The molecule has 2 fully saturated rings. The van der Waals surface area contributed by atoms with Gasteiger partial charge in [0.1, 0.15) is 6.67 Å². The summed E-state index contributed by atoms with van der Waals surface area (Å²) in [4.78, 5) is 42.0. The second-order valence-electron chi connectivity index (χ2n) is 7.74. The molecule has 2 bridgehead atoms. The minimum absolute atomic E-state index is 0.103. The number of anilines is 1. The third kappa shape index (κ3) is 2.37. The molecule has 0 spiro atoms. The van der Waals surface area contributed by atoms with Gasteiger partial charge in [-0.05, 0) is 48.9 Å². The van der Waals surface area contributed by atoms with E-state index in [0.717, 1.165) is 12.0 Å². The van der Waals surface area contributed by atoms with E-state index in [1.54, 1.807) is 12.1 Å². The second-order valence-corrected chi connectivity index (χ2v) is 7.74. The lowest BCUT2D eigenvalue weighted by Gasteiger charge is -2.28. The summed E-state index contributed by atoms with van der Waals surface area (Å²) >= 11 is 0. The maximum Gasteiger partial charge on any atom is 0.295 e. The van der Waals surface area contributed by atoms with Gasteiger partial charge in [0.2, 0.25) is 11.8 Å². The van der Waals surface area contributed by atoms with Crippen molar-refractivity contribution in [3.8, 4) is 0 Å². The van der Waals surface area contributed by atoms with Crippen LogP contribution in [0.2, 0.25) is 0 Å². The van der Waals surface area contributed by atoms with Crippen LogP contribution in [0.3, 0.4) is 0 Å². The molecule has 1 saturated carbocycles. The zero-order chi connectivity index (χ0) is 19.4. The molecule has 2 aromatic rings. The summed E-state index contributed by atoms with van der Waals surface area (Å²) in [5, 5.41) is 0. The number of imide groups is 1. The Kier molecular flexibility index (Phi) is 3.75. The number of aryl methyl sites for hydroxylation is 1. The van der Waals surface area contributed by atoms with E-state index in [1.165, 1.54) is 16.1 Å². The summed E-state index contributed by atoms with van der Waals surface area (Å²) in [5.41, 5.74) is 1.53. The summed E-state index contributed by atoms with van der Waals surface area (Å²) in [6, 6.07) is 10.6. The van der Waals surface area contributed by atoms with Crippen LogP contribution in [0.4, 0.5) is 5.69 Å². The molecule has 2 aliphatic carbocycles. The van der Waals surface area contributed by atoms with Crippen molar-refractivity contribution in [3.05, 3.63) is 66.1 Å². The van der Waals surface area contributed by atoms with Crippen molar-refractivity contribution in [2.24, 2.45) is 23.7 Å². The Labute approximate surface area is 162 Å². The summed E-state index contributed by atoms with van der Waals surface area (Å²) in [5.74, 6) is -0.814. The maximum absolute atomic E-state index is 13.1. The van der Waals surface area contributed by atoms with E-state index in [9.17, 15) is 14.4 Å². The third-order valence-corrected chi connectivity index (χ3v) is 6.23. The molecule has 1 aromatic carbocycles. The summed E-state index contributed by atoms with van der Waals surface area (Å²) in [7, 11) is 0. The predicted molar refractivity (Wildman–Crippen MR) is 101 cm³/mol. The van der Waals surface area contributed by atoms with Crippen LogP contribution in [0, 0.1) is 30.6 Å². The van der Waals surface area contributed by atoms with Crippen molar-refractivity contribution in [1.29, 1.82) is 0 Å². The van der Waals surface area contributed by atoms with E-state index in [4.69, 9.17) is 4.42 Å². The van der Waals surface area contributed by atoms with Gasteiger partial charge < -0.3 is 4.42 Å². The van der Waals surface area contributed by atoms with Crippen molar-refractivity contribution in [1.82, 2.24) is 4.90 Å². The van der Waals surface area contributed by atoms with Crippen LogP contribution in [-0.4, -0.2) is 29.3 Å². The lowest BCUT2D eigenvalue weighted by Crippen LogP contribution is -2.45. The van der Waals surface area contributed by atoms with Gasteiger partial charge in [-0.3, -0.25) is 24.2 Å². The molecule has 0 N–H and O–H groups in total. The van der Waals surface area contributed by atoms with E-state index in [1.807, 2.05) is 31.2 Å². The Hall–Kier alpha value is -3.15. The van der Waals surface area contributed by atoms with Crippen LogP contribution in [0.5, 0.6) is 0 Å². The minimum Gasteiger partial charge on any atom is -0.459 e. The molecule has 1 aromatic heterocycles. The molecule has 0 unspecified atom stereocenters. The number of furan rings is 1. The Morgan fingerprint density at radius 3 is 2.36 bits per heavy atom. The molecule has 2 heterocycles. The number of carbonyl (C=O) groups excluding carboxylic acids is 3. The number of allylic oxidation sites excluding steroid dienone is 2. The third-order valence-electron chi connectivity index (χ3n) is 6.23. The van der Waals surface area contributed by atoms with Crippen LogP contribution in [-0.2, 0) is 9.59 Å². The zero-order valence-electron chi connectivity index (χ0n) is 15.4. The smallest absolute Gasteiger partial charge is 0.295 e. The predicted octanol–water partition coefficient (Wildman–Crippen LogP) is 3.00. The Morgan fingerprint density at radius 2 is 1.75 bits per heavy atom. The number of fused-ring (bicyclic) bond motifs is 5. The first-order valence-electron chi connectivity index (χ1n) is 9.51. The average Bonchev–Trinajstić information content (AvgIpc) is 3.47. The standard InChI is InChI=1S/C22H20N2O4/c1-13-5-2-3-6-16(13)23(20(25)17-7-4-10-28-17)12-24-21(26)18-14-8-9-15(11-14)19(18)22(24)27/h2-10,14-15,18-19H,11-12H2,1H3/t14-,15-,18-,19+/m0/s1. The molecule has 3 amide bonds. The highest BCUT2D eigenvalue weighted by atomic mass is 16.3. The largest absolute Gasteiger partial charge is 0.459 e. The average molecular weight is 376 g/mol. The number of para-hydroxylation sites is 1. The quantitative estimate of drug-likeness (QED) is 0.608. The van der Waals surface area contributed by atoms with Crippen molar-refractivity contribution in [2.75, 3.05) is 11.6 Å². The van der Waals surface area contributed by atoms with E-state index < -0.39 is 0 Å². The SMILES string of the molecule is Cc1ccccc1N(CN1C(=O)[C@@H]2[C@H](C1=O)[C@H]1C=C[C@H]2C1)C(=O)c1ccco1. The van der Waals surface area contributed by atoms with Gasteiger partial charge in [-0.25, -0.2) is 0 Å². The topological polar surface area (TPSA) is 70.8 Å². The first-order valence-corrected chi connectivity index (χ1v) is 9.51. The monoisotopic (exact) mass is 376 g/mol. The number of likely N-dealkylation sites (tertiary alicyclic amines) is 1. The zero-order valence-corrected chi connectivity index (χ0v) is 15.4. The molecule has 4 atom stereocenters. The maximum atomic E-state index is 13.1. The summed E-state index contributed by atoms with van der Waals surface area (Å²) in [6.07, 6.45) is 6.44. The first-order chi connectivity index (χ1) is 13.6. The lowest BCUT2D eigenvalue weighted by molar-refractivity contribution is -0.140. The van der Waals surface area contributed by atoms with Crippen molar-refractivity contribution in [2.45, 2.75) is 13.3 Å². The van der Waals surface area contributed by atoms with Gasteiger partial charge in [0.05, 0.1) is 18.1 Å². The Bertz CT molecular complexity index is 964. The van der Waals surface area contributed by atoms with E-state index in [2.05, 4.69) is 12.2 Å². The molecule has 0 radical (unpaired) electrons. The lowest BCUT2D eigenvalue weighted by atomic mass is 9.85. The van der Waals surface area contributed by atoms with Crippen LogP contribution in [0.1, 0.15) is 22.5 Å². The number of hydrogen-bond acceptors (Lipinski definition) is 4. The number of rotatable bonds is 4. The highest BCUT2D eigenvalue weighted by Crippen LogP contribution is 2.52. The van der Waals surface area contributed by atoms with E-state index in [0.29, 0.717) is 5.69 Å². The summed E-state index contributed by atoms with van der Waals surface area (Å²) in [6.45, 7) is 1.79. The van der Waals surface area contributed by atoms with Crippen molar-refractivity contribution in [3.63, 3.8) is 0 Å². The van der Waals surface area contributed by atoms with Crippen LogP contribution >= 0.6 is 0 Å². The van der Waals surface area contributed by atoms with Gasteiger partial charge in [-0.1, -0.05) is 30.4 Å². The Balaban J connectivity index is 1.49. The normalized spacial score (nSPS) is 27.5. The molecule has 6 heteroatoms. The number of amides is 3. The van der Waals surface area contributed by atoms with Crippen LogP contribution in [0.25, 0.3) is 0 Å². The van der Waals surface area contributed by atoms with E-state index in [-0.39, 0.29) is 53.8 Å². The highest BCUT2D eigenvalue weighted by molar-refractivity contribution is 6.09. The first kappa shape index (κ1) is 17.0. The van der Waals surface area contributed by atoms with Gasteiger partial charge in [-0.2, -0.15) is 0 Å². The molecule has 6 nitrogen and oxygen atoms in total. The molecule has 1 aliphatic heterocycles. The molecular formula is C22H20N2O4. The van der Waals surface area contributed by atoms with Gasteiger partial charge in [0.25, 0.3) is 5.91 Å². The van der Waals surface area contributed by atoms with Crippen LogP contribution in [0.15, 0.2) is 59.2 Å². The summed E-state index contributed by atoms with van der Waals surface area (Å²) < 4.78 is 5.28. The van der Waals surface area contributed by atoms with Crippen LogP contribution < -0.4 is 4.90 Å². The number of carbonyl (C=O) groups is 3. The molecule has 5 rings (SSSR count). The molecule has 28 heavy (non-hydrogen) atoms. The van der Waals surface area contributed by atoms with Gasteiger partial charge >= 0.3 is 0 Å². The fraction of sp³-hybridized carbons (Fsp3) is 0.318. The second kappa shape index (κ2) is 6.19. The fourth-order valence-electron chi connectivity index (χ4n) is 4.89. The molecule has 3 aliphatic rings. The van der Waals surface area contributed by atoms with E-state index >= 15 is 0 Å². The fourth-order valence-corrected chi connectivity index (χ4v) is 4.89. The van der Waals surface area contributed by atoms with Gasteiger partial charge in [-0.15, -0.1) is 0 Å². The number of hydrogen-bond donors (Lipinski definition) is 0. The number of nitrogens with zero attached hydrogens (tertiary/aromatic N) is 2. The van der Waals surface area contributed by atoms with Gasteiger partial charge in [0, 0.05) is 5.69 Å². The Morgan fingerprint density at radius 1 is 1.07 bits per heavy atom. The molecule has 1 saturated heterocycles.